The fraction of sp³-hybridized carbons (Fsp3) is 0.333. The summed E-state index contributed by atoms with van der Waals surface area (Å²) < 4.78 is 2.58. The second-order valence-corrected chi connectivity index (χ2v) is 20.4. The fourth-order valence-corrected chi connectivity index (χ4v) is 14.9. The van der Waals surface area contributed by atoms with Crippen LogP contribution in [0.3, 0.4) is 0 Å². The van der Waals surface area contributed by atoms with Crippen LogP contribution in [0.25, 0.3) is 31.3 Å². The van der Waals surface area contributed by atoms with Crippen LogP contribution < -0.4 is 5.32 Å². The van der Waals surface area contributed by atoms with Crippen LogP contribution in [0, 0.1) is 11.8 Å². The summed E-state index contributed by atoms with van der Waals surface area (Å²) in [5.74, 6) is 3.44. The lowest BCUT2D eigenvalue weighted by Gasteiger charge is -2.41. The molecule has 2 spiro atoms. The average molecular weight is 812 g/mol. The largest absolute Gasteiger partial charge is 0.324 e. The first-order chi connectivity index (χ1) is 30.2. The average Bonchev–Trinajstić information content (AvgIpc) is 3.93. The van der Waals surface area contributed by atoms with Gasteiger partial charge in [-0.05, 0) is 108 Å². The van der Waals surface area contributed by atoms with Crippen molar-refractivity contribution in [1.82, 2.24) is 5.32 Å². The SMILES string of the molecule is C1=CC2C(C=C1c1ccc3sc4c(C5N=C(c6ccccc6)NC(c6ccccc6)=N5)cccc4c3c1)c1cc3c(cc1C21CCCCC1)C1=CCCCC1C31CCCCC1. The minimum atomic E-state index is -0.354. The number of benzene rings is 5. The molecule has 2 fully saturated rings. The van der Waals surface area contributed by atoms with Gasteiger partial charge in [0.15, 0.2) is 6.17 Å². The van der Waals surface area contributed by atoms with Gasteiger partial charge in [0.25, 0.3) is 0 Å². The number of allylic oxidation sites excluding steroid dienone is 6. The van der Waals surface area contributed by atoms with Gasteiger partial charge in [-0.3, -0.25) is 0 Å². The Morgan fingerprint density at radius 3 is 2.07 bits per heavy atom. The molecule has 0 amide bonds. The Labute approximate surface area is 364 Å². The molecule has 0 bridgehead atoms. The Hall–Kier alpha value is -5.32. The summed E-state index contributed by atoms with van der Waals surface area (Å²) in [7, 11) is 0. The van der Waals surface area contributed by atoms with Crippen molar-refractivity contribution in [3.63, 3.8) is 0 Å². The van der Waals surface area contributed by atoms with Crippen LogP contribution in [0.2, 0.25) is 0 Å². The second kappa shape index (κ2) is 14.1. The molecule has 6 aromatic rings. The zero-order chi connectivity index (χ0) is 40.1. The first-order valence-electron chi connectivity index (χ1n) is 23.5. The van der Waals surface area contributed by atoms with Gasteiger partial charge in [0.2, 0.25) is 0 Å². The molecule has 6 aliphatic carbocycles. The van der Waals surface area contributed by atoms with Gasteiger partial charge in [0.05, 0.1) is 0 Å². The van der Waals surface area contributed by atoms with E-state index in [0.717, 1.165) is 34.3 Å². The van der Waals surface area contributed by atoms with Crippen LogP contribution in [0.5, 0.6) is 0 Å². The van der Waals surface area contributed by atoms with E-state index in [2.05, 4.69) is 139 Å². The Bertz CT molecular complexity index is 2840. The smallest absolute Gasteiger partial charge is 0.171 e. The number of amidine groups is 2. The minimum Gasteiger partial charge on any atom is -0.324 e. The molecule has 3 atom stereocenters. The number of aliphatic imine (C=N–C) groups is 2. The van der Waals surface area contributed by atoms with Crippen LogP contribution in [0.15, 0.2) is 143 Å². The van der Waals surface area contributed by atoms with Crippen LogP contribution in [0.4, 0.5) is 0 Å². The Kier molecular flexibility index (Phi) is 8.41. The molecular formula is C57H53N3S. The van der Waals surface area contributed by atoms with Crippen molar-refractivity contribution >= 4 is 54.3 Å². The first kappa shape index (κ1) is 36.3. The quantitative estimate of drug-likeness (QED) is 0.189. The van der Waals surface area contributed by atoms with Gasteiger partial charge in [-0.25, -0.2) is 9.98 Å². The van der Waals surface area contributed by atoms with Crippen molar-refractivity contribution in [3.05, 3.63) is 178 Å². The Balaban J connectivity index is 0.910. The lowest BCUT2D eigenvalue weighted by atomic mass is 9.62. The molecule has 3 unspecified atom stereocenters. The molecule has 7 aliphatic rings. The molecule has 0 radical (unpaired) electrons. The van der Waals surface area contributed by atoms with Crippen molar-refractivity contribution < 1.29 is 0 Å². The number of hydrogen-bond acceptors (Lipinski definition) is 4. The summed E-state index contributed by atoms with van der Waals surface area (Å²) in [6.07, 6.45) is 28.0. The molecule has 4 heteroatoms. The maximum Gasteiger partial charge on any atom is 0.171 e. The molecular weight excluding hydrogens is 759 g/mol. The number of fused-ring (bicyclic) bond motifs is 13. The van der Waals surface area contributed by atoms with Gasteiger partial charge in [-0.15, -0.1) is 11.3 Å². The molecule has 2 saturated carbocycles. The summed E-state index contributed by atoms with van der Waals surface area (Å²) in [4.78, 5) is 10.5. The van der Waals surface area contributed by atoms with Gasteiger partial charge in [-0.2, -0.15) is 0 Å². The summed E-state index contributed by atoms with van der Waals surface area (Å²) in [5, 5.41) is 6.19. The van der Waals surface area contributed by atoms with E-state index in [9.17, 15) is 0 Å². The Morgan fingerprint density at radius 2 is 1.33 bits per heavy atom. The highest BCUT2D eigenvalue weighted by Gasteiger charge is 2.55. The van der Waals surface area contributed by atoms with Gasteiger partial charge < -0.3 is 5.32 Å². The van der Waals surface area contributed by atoms with Crippen LogP contribution in [-0.2, 0) is 10.8 Å². The highest BCUT2D eigenvalue weighted by molar-refractivity contribution is 7.26. The maximum atomic E-state index is 5.27. The summed E-state index contributed by atoms with van der Waals surface area (Å²) in [5.41, 5.74) is 15.2. The third-order valence-corrected chi connectivity index (χ3v) is 17.6. The number of nitrogens with zero attached hydrogens (tertiary/aromatic N) is 2. The molecule has 5 aromatic carbocycles. The normalized spacial score (nSPS) is 24.7. The minimum absolute atomic E-state index is 0.267. The van der Waals surface area contributed by atoms with Crippen molar-refractivity contribution in [3.8, 4) is 0 Å². The lowest BCUT2D eigenvalue weighted by molar-refractivity contribution is 0.227. The van der Waals surface area contributed by atoms with Crippen molar-refractivity contribution in [1.29, 1.82) is 0 Å². The van der Waals surface area contributed by atoms with Gasteiger partial charge in [0, 0.05) is 53.6 Å². The van der Waals surface area contributed by atoms with E-state index in [0.29, 0.717) is 17.3 Å². The van der Waals surface area contributed by atoms with E-state index >= 15 is 0 Å². The fourth-order valence-electron chi connectivity index (χ4n) is 13.6. The zero-order valence-electron chi connectivity index (χ0n) is 35.0. The monoisotopic (exact) mass is 811 g/mol. The standard InChI is InChI=1S/C57H53N3S/c1-5-16-36(17-6-1)53-58-54(37-18-7-2-8-19-37)60-55(59-53)42-22-15-21-41-46-33-39(25-27-51(46)61-52(41)42)38-24-26-48-43(32-38)45-35-49-44(34-50(45)57(48)30-13-4-14-31-57)40-20-9-10-23-47(40)56(49)28-11-3-12-29-56/h1-2,5-8,15-22,24-27,32-35,43,47-48,55H,3-4,9-14,23,28-31H2,(H,58,59,60). The van der Waals surface area contributed by atoms with E-state index in [1.807, 2.05) is 11.3 Å². The number of nitrogens with one attached hydrogen (secondary N) is 1. The Morgan fingerprint density at radius 1 is 0.607 bits per heavy atom. The molecule has 3 nitrogen and oxygen atoms in total. The molecule has 2 heterocycles. The second-order valence-electron chi connectivity index (χ2n) is 19.3. The van der Waals surface area contributed by atoms with Gasteiger partial charge in [-0.1, -0.05) is 160 Å². The third-order valence-electron chi connectivity index (χ3n) is 16.4. The zero-order valence-corrected chi connectivity index (χ0v) is 35.8. The van der Waals surface area contributed by atoms with Gasteiger partial charge in [0.1, 0.15) is 11.7 Å². The molecule has 1 aliphatic heterocycles. The summed E-state index contributed by atoms with van der Waals surface area (Å²) >= 11 is 1.88. The molecule has 1 aromatic heterocycles. The van der Waals surface area contributed by atoms with Crippen molar-refractivity contribution in [2.24, 2.45) is 21.8 Å². The lowest BCUT2D eigenvalue weighted by Crippen LogP contribution is -2.36. The van der Waals surface area contributed by atoms with E-state index in [-0.39, 0.29) is 11.6 Å². The molecule has 13 rings (SSSR count). The highest BCUT2D eigenvalue weighted by Crippen LogP contribution is 2.65. The molecule has 61 heavy (non-hydrogen) atoms. The number of rotatable bonds is 4. The first-order valence-corrected chi connectivity index (χ1v) is 24.3. The predicted molar refractivity (Wildman–Crippen MR) is 256 cm³/mol. The highest BCUT2D eigenvalue weighted by atomic mass is 32.1. The van der Waals surface area contributed by atoms with Crippen LogP contribution in [-0.4, -0.2) is 11.7 Å². The third kappa shape index (κ3) is 5.53. The number of hydrogen-bond donors (Lipinski definition) is 1. The maximum absolute atomic E-state index is 5.27. The summed E-state index contributed by atoms with van der Waals surface area (Å²) in [6, 6.07) is 40.5. The topological polar surface area (TPSA) is 36.8 Å². The van der Waals surface area contributed by atoms with E-state index in [1.54, 1.807) is 27.8 Å². The molecule has 0 saturated heterocycles. The van der Waals surface area contributed by atoms with E-state index < -0.39 is 0 Å². The van der Waals surface area contributed by atoms with Gasteiger partial charge >= 0.3 is 0 Å². The van der Waals surface area contributed by atoms with E-state index in [1.165, 1.54) is 115 Å². The summed E-state index contributed by atoms with van der Waals surface area (Å²) in [6.45, 7) is 0. The molecule has 302 valence electrons. The molecule has 1 N–H and O–H groups in total. The van der Waals surface area contributed by atoms with Crippen molar-refractivity contribution in [2.45, 2.75) is 106 Å². The number of thiophene rings is 1. The van der Waals surface area contributed by atoms with Crippen LogP contribution >= 0.6 is 11.3 Å². The van der Waals surface area contributed by atoms with Crippen molar-refractivity contribution in [2.75, 3.05) is 0 Å². The van der Waals surface area contributed by atoms with Crippen LogP contribution in [0.1, 0.15) is 140 Å². The predicted octanol–water partition coefficient (Wildman–Crippen LogP) is 14.5. The van der Waals surface area contributed by atoms with E-state index in [4.69, 9.17) is 9.98 Å².